The molecular weight excluding hydrogens is 260 g/mol. The summed E-state index contributed by atoms with van der Waals surface area (Å²) < 4.78 is 0. The third-order valence-electron chi connectivity index (χ3n) is 3.74. The number of benzene rings is 1. The van der Waals surface area contributed by atoms with Crippen LogP contribution in [0, 0.1) is 17.0 Å². The van der Waals surface area contributed by atoms with Crippen molar-refractivity contribution in [3.05, 3.63) is 33.9 Å². The molecule has 1 saturated carbocycles. The Hall–Kier alpha value is -1.23. The lowest BCUT2D eigenvalue weighted by atomic mass is 9.94. The first kappa shape index (κ1) is 14.2. The maximum Gasteiger partial charge on any atom is 0.295 e. The number of anilines is 1. The minimum atomic E-state index is -0.285. The molecule has 104 valence electrons. The summed E-state index contributed by atoms with van der Waals surface area (Å²) in [6.45, 7) is 1.79. The summed E-state index contributed by atoms with van der Waals surface area (Å²) in [4.78, 5) is 10.9. The number of thioether (sulfide) groups is 1. The van der Waals surface area contributed by atoms with Crippen LogP contribution < -0.4 is 5.32 Å². The highest BCUT2D eigenvalue weighted by atomic mass is 32.2. The van der Waals surface area contributed by atoms with Crippen LogP contribution in [-0.4, -0.2) is 22.5 Å². The smallest absolute Gasteiger partial charge is 0.295 e. The van der Waals surface area contributed by atoms with E-state index in [1.165, 1.54) is 12.8 Å². The van der Waals surface area contributed by atoms with Gasteiger partial charge in [0.1, 0.15) is 5.69 Å². The Labute approximate surface area is 118 Å². The first-order valence-corrected chi connectivity index (χ1v) is 7.94. The highest BCUT2D eigenvalue weighted by Crippen LogP contribution is 2.33. The van der Waals surface area contributed by atoms with E-state index < -0.39 is 0 Å². The predicted octanol–water partition coefficient (Wildman–Crippen LogP) is 3.99. The van der Waals surface area contributed by atoms with Crippen molar-refractivity contribution in [2.24, 2.45) is 0 Å². The summed E-state index contributed by atoms with van der Waals surface area (Å²) in [5.41, 5.74) is 1.60. The van der Waals surface area contributed by atoms with Gasteiger partial charge in [-0.05, 0) is 38.5 Å². The van der Waals surface area contributed by atoms with Crippen LogP contribution in [0.5, 0.6) is 0 Å². The second kappa shape index (κ2) is 6.28. The standard InChI is InChI=1S/C14H20N2O2S/c1-10-5-3-8-13(14(10)16(17)18)15-11-6-4-7-12(9-11)19-2/h3,5,8,11-12,15H,4,6-7,9H2,1-2H3. The van der Waals surface area contributed by atoms with Crippen molar-refractivity contribution in [3.63, 3.8) is 0 Å². The zero-order valence-corrected chi connectivity index (χ0v) is 12.2. The van der Waals surface area contributed by atoms with Gasteiger partial charge in [0.2, 0.25) is 0 Å². The number of nitro groups is 1. The van der Waals surface area contributed by atoms with E-state index in [9.17, 15) is 10.1 Å². The van der Waals surface area contributed by atoms with E-state index in [0.29, 0.717) is 22.5 Å². The van der Waals surface area contributed by atoms with Gasteiger partial charge in [0, 0.05) is 16.9 Å². The number of nitrogens with zero attached hydrogens (tertiary/aromatic N) is 1. The van der Waals surface area contributed by atoms with E-state index in [0.717, 1.165) is 12.8 Å². The number of para-hydroxylation sites is 1. The van der Waals surface area contributed by atoms with Gasteiger partial charge in [-0.15, -0.1) is 0 Å². The van der Waals surface area contributed by atoms with E-state index in [2.05, 4.69) is 11.6 Å². The SMILES string of the molecule is CSC1CCCC(Nc2cccc(C)c2[N+](=O)[O-])C1. The summed E-state index contributed by atoms with van der Waals surface area (Å²) in [5, 5.41) is 15.2. The van der Waals surface area contributed by atoms with Crippen LogP contribution >= 0.6 is 11.8 Å². The van der Waals surface area contributed by atoms with Crippen molar-refractivity contribution in [1.82, 2.24) is 0 Å². The molecule has 1 aliphatic rings. The molecule has 1 aliphatic carbocycles. The van der Waals surface area contributed by atoms with E-state index in [-0.39, 0.29) is 10.6 Å². The first-order chi connectivity index (χ1) is 9.11. The molecule has 0 radical (unpaired) electrons. The molecule has 1 aromatic rings. The first-order valence-electron chi connectivity index (χ1n) is 6.65. The predicted molar refractivity (Wildman–Crippen MR) is 81.0 cm³/mol. The number of aryl methyl sites for hydroxylation is 1. The second-order valence-electron chi connectivity index (χ2n) is 5.09. The molecule has 2 atom stereocenters. The van der Waals surface area contributed by atoms with Crippen molar-refractivity contribution < 1.29 is 4.92 Å². The number of nitro benzene ring substituents is 1. The zero-order chi connectivity index (χ0) is 13.8. The Morgan fingerprint density at radius 2 is 2.21 bits per heavy atom. The largest absolute Gasteiger partial charge is 0.377 e. The van der Waals surface area contributed by atoms with Gasteiger partial charge in [-0.1, -0.05) is 18.6 Å². The number of hydrogen-bond acceptors (Lipinski definition) is 4. The van der Waals surface area contributed by atoms with E-state index in [4.69, 9.17) is 0 Å². The lowest BCUT2D eigenvalue weighted by molar-refractivity contribution is -0.384. The molecule has 0 aromatic heterocycles. The van der Waals surface area contributed by atoms with Crippen LogP contribution in [0.4, 0.5) is 11.4 Å². The molecule has 0 aliphatic heterocycles. The van der Waals surface area contributed by atoms with Crippen molar-refractivity contribution in [3.8, 4) is 0 Å². The van der Waals surface area contributed by atoms with Crippen LogP contribution in [0.25, 0.3) is 0 Å². The Morgan fingerprint density at radius 1 is 1.42 bits per heavy atom. The quantitative estimate of drug-likeness (QED) is 0.669. The molecule has 1 aromatic carbocycles. The molecule has 2 unspecified atom stereocenters. The molecule has 2 rings (SSSR count). The molecule has 19 heavy (non-hydrogen) atoms. The Kier molecular flexibility index (Phi) is 4.69. The highest BCUT2D eigenvalue weighted by molar-refractivity contribution is 7.99. The fraction of sp³-hybridized carbons (Fsp3) is 0.571. The molecule has 5 heteroatoms. The fourth-order valence-electron chi connectivity index (χ4n) is 2.73. The van der Waals surface area contributed by atoms with Gasteiger partial charge in [-0.25, -0.2) is 0 Å². The fourth-order valence-corrected chi connectivity index (χ4v) is 3.55. The van der Waals surface area contributed by atoms with Gasteiger partial charge in [-0.2, -0.15) is 11.8 Å². The average Bonchev–Trinajstić information content (AvgIpc) is 2.38. The van der Waals surface area contributed by atoms with Crippen LogP contribution in [0.1, 0.15) is 31.2 Å². The van der Waals surface area contributed by atoms with Crippen molar-refractivity contribution in [2.75, 3.05) is 11.6 Å². The number of rotatable bonds is 4. The van der Waals surface area contributed by atoms with Gasteiger partial charge in [0.05, 0.1) is 4.92 Å². The van der Waals surface area contributed by atoms with Gasteiger partial charge >= 0.3 is 0 Å². The summed E-state index contributed by atoms with van der Waals surface area (Å²) >= 11 is 1.90. The summed E-state index contributed by atoms with van der Waals surface area (Å²) in [6, 6.07) is 5.83. The third-order valence-corrected chi connectivity index (χ3v) is 4.83. The summed E-state index contributed by atoms with van der Waals surface area (Å²) in [7, 11) is 0. The molecule has 1 N–H and O–H groups in total. The third kappa shape index (κ3) is 3.41. The molecule has 4 nitrogen and oxygen atoms in total. The average molecular weight is 280 g/mol. The number of hydrogen-bond donors (Lipinski definition) is 1. The van der Waals surface area contributed by atoms with Gasteiger partial charge in [0.25, 0.3) is 5.69 Å². The Balaban J connectivity index is 2.14. The van der Waals surface area contributed by atoms with E-state index in [1.807, 2.05) is 23.9 Å². The van der Waals surface area contributed by atoms with Gasteiger partial charge < -0.3 is 5.32 Å². The molecular formula is C14H20N2O2S. The zero-order valence-electron chi connectivity index (χ0n) is 11.4. The molecule has 0 amide bonds. The van der Waals surface area contributed by atoms with E-state index in [1.54, 1.807) is 13.0 Å². The van der Waals surface area contributed by atoms with Gasteiger partial charge in [-0.3, -0.25) is 10.1 Å². The van der Waals surface area contributed by atoms with Crippen LogP contribution in [0.3, 0.4) is 0 Å². The normalized spacial score (nSPS) is 23.1. The molecule has 0 saturated heterocycles. The van der Waals surface area contributed by atoms with Crippen molar-refractivity contribution >= 4 is 23.1 Å². The van der Waals surface area contributed by atoms with Crippen molar-refractivity contribution in [2.45, 2.75) is 43.9 Å². The molecule has 0 spiro atoms. The van der Waals surface area contributed by atoms with E-state index >= 15 is 0 Å². The van der Waals surface area contributed by atoms with Crippen LogP contribution in [0.2, 0.25) is 0 Å². The Bertz CT molecular complexity index is 465. The molecule has 0 bridgehead atoms. The minimum absolute atomic E-state index is 0.216. The van der Waals surface area contributed by atoms with Crippen LogP contribution in [-0.2, 0) is 0 Å². The van der Waals surface area contributed by atoms with Gasteiger partial charge in [0.15, 0.2) is 0 Å². The Morgan fingerprint density at radius 3 is 2.89 bits per heavy atom. The lowest BCUT2D eigenvalue weighted by Crippen LogP contribution is -2.28. The topological polar surface area (TPSA) is 55.2 Å². The second-order valence-corrected chi connectivity index (χ2v) is 6.23. The monoisotopic (exact) mass is 280 g/mol. The summed E-state index contributed by atoms with van der Waals surface area (Å²) in [5.74, 6) is 0. The molecule has 0 heterocycles. The van der Waals surface area contributed by atoms with Crippen molar-refractivity contribution in [1.29, 1.82) is 0 Å². The lowest BCUT2D eigenvalue weighted by Gasteiger charge is -2.29. The highest BCUT2D eigenvalue weighted by Gasteiger charge is 2.24. The minimum Gasteiger partial charge on any atom is -0.377 e. The van der Waals surface area contributed by atoms with Crippen LogP contribution in [0.15, 0.2) is 18.2 Å². The number of nitrogens with one attached hydrogen (secondary N) is 1. The summed E-state index contributed by atoms with van der Waals surface area (Å²) in [6.07, 6.45) is 6.79. The maximum atomic E-state index is 11.2. The maximum absolute atomic E-state index is 11.2. The molecule has 1 fully saturated rings.